The molecule has 90 valence electrons. The van der Waals surface area contributed by atoms with Gasteiger partial charge in [0.25, 0.3) is 0 Å². The van der Waals surface area contributed by atoms with Crippen molar-refractivity contribution in [2.75, 3.05) is 18.5 Å². The smallest absolute Gasteiger partial charge is 0.325 e. The number of ether oxygens (including phenoxy) is 1. The molecule has 0 radical (unpaired) electrons. The summed E-state index contributed by atoms with van der Waals surface area (Å²) < 4.78 is 10.3. The Labute approximate surface area is 98.8 Å². The first-order valence-corrected chi connectivity index (χ1v) is 5.28. The van der Waals surface area contributed by atoms with Gasteiger partial charge in [0, 0.05) is 12.2 Å². The first-order chi connectivity index (χ1) is 8.28. The summed E-state index contributed by atoms with van der Waals surface area (Å²) in [6, 6.07) is 7.80. The Morgan fingerprint density at radius 3 is 2.71 bits per heavy atom. The lowest BCUT2D eigenvalue weighted by atomic mass is 10.3. The Hall–Kier alpha value is -2.08. The van der Waals surface area contributed by atoms with Gasteiger partial charge >= 0.3 is 6.01 Å². The van der Waals surface area contributed by atoms with E-state index in [0.29, 0.717) is 25.0 Å². The highest BCUT2D eigenvalue weighted by Crippen LogP contribution is 2.18. The van der Waals surface area contributed by atoms with Gasteiger partial charge < -0.3 is 20.3 Å². The summed E-state index contributed by atoms with van der Waals surface area (Å²) in [5.41, 5.74) is 6.20. The van der Waals surface area contributed by atoms with Crippen LogP contribution >= 0.6 is 0 Å². The average molecular weight is 234 g/mol. The molecule has 0 amide bonds. The highest BCUT2D eigenvalue weighted by atomic mass is 16.5. The number of hydrogen-bond acceptors (Lipinski definition) is 6. The molecule has 1 aromatic heterocycles. The molecule has 3 N–H and O–H groups in total. The van der Waals surface area contributed by atoms with E-state index < -0.39 is 0 Å². The van der Waals surface area contributed by atoms with Crippen molar-refractivity contribution in [2.45, 2.75) is 6.92 Å². The van der Waals surface area contributed by atoms with E-state index in [0.717, 1.165) is 11.4 Å². The quantitative estimate of drug-likeness (QED) is 0.814. The zero-order chi connectivity index (χ0) is 12.1. The molecule has 0 bridgehead atoms. The number of hydrogen-bond donors (Lipinski definition) is 2. The van der Waals surface area contributed by atoms with Gasteiger partial charge in [0.15, 0.2) is 5.82 Å². The number of nitrogens with zero attached hydrogens (tertiary/aromatic N) is 2. The predicted octanol–water partition coefficient (Wildman–Crippen LogP) is 1.46. The molecule has 0 aliphatic heterocycles. The molecule has 0 aliphatic carbocycles. The number of rotatable bonds is 5. The van der Waals surface area contributed by atoms with Crippen LogP contribution in [0.25, 0.3) is 0 Å². The minimum absolute atomic E-state index is 0.373. The normalized spacial score (nSPS) is 10.2. The van der Waals surface area contributed by atoms with Crippen LogP contribution in [0.3, 0.4) is 0 Å². The van der Waals surface area contributed by atoms with Gasteiger partial charge in [-0.25, -0.2) is 0 Å². The molecular weight excluding hydrogens is 220 g/mol. The van der Waals surface area contributed by atoms with Crippen molar-refractivity contribution in [3.63, 3.8) is 0 Å². The molecule has 2 rings (SSSR count). The Kier molecular flexibility index (Phi) is 3.56. The van der Waals surface area contributed by atoms with Crippen molar-refractivity contribution in [1.29, 1.82) is 0 Å². The van der Waals surface area contributed by atoms with Gasteiger partial charge in [-0.3, -0.25) is 0 Å². The topological polar surface area (TPSA) is 86.2 Å². The molecule has 0 atom stereocenters. The van der Waals surface area contributed by atoms with E-state index in [9.17, 15) is 0 Å². The number of benzene rings is 1. The maximum absolute atomic E-state index is 5.36. The van der Waals surface area contributed by atoms with Crippen LogP contribution < -0.4 is 15.8 Å². The number of nitrogens with two attached hydrogens (primary N) is 1. The molecule has 0 aliphatic rings. The molecule has 0 saturated carbocycles. The second kappa shape index (κ2) is 5.31. The Morgan fingerprint density at radius 1 is 1.35 bits per heavy atom. The van der Waals surface area contributed by atoms with Crippen molar-refractivity contribution in [3.05, 3.63) is 30.1 Å². The maximum Gasteiger partial charge on any atom is 0.325 e. The fraction of sp³-hybridized carbons (Fsp3) is 0.273. The molecule has 17 heavy (non-hydrogen) atoms. The lowest BCUT2D eigenvalue weighted by Crippen LogP contribution is -2.10. The predicted molar refractivity (Wildman–Crippen MR) is 63.3 cm³/mol. The molecule has 0 fully saturated rings. The van der Waals surface area contributed by atoms with E-state index >= 15 is 0 Å². The number of nitrogens with one attached hydrogen (secondary N) is 1. The molecule has 0 unspecified atom stereocenters. The highest BCUT2D eigenvalue weighted by molar-refractivity contribution is 5.53. The Morgan fingerprint density at radius 2 is 2.12 bits per heavy atom. The van der Waals surface area contributed by atoms with E-state index in [-0.39, 0.29) is 0 Å². The summed E-state index contributed by atoms with van der Waals surface area (Å²) in [6.07, 6.45) is 0. The summed E-state index contributed by atoms with van der Waals surface area (Å²) in [5, 5.41) is 6.67. The molecule has 1 heterocycles. The summed E-state index contributed by atoms with van der Waals surface area (Å²) in [5.74, 6) is 1.37. The molecular formula is C11H14N4O2. The molecule has 2 aromatic rings. The average Bonchev–Trinajstić information content (AvgIpc) is 2.74. The molecule has 1 aromatic carbocycles. The first kappa shape index (κ1) is 11.4. The lowest BCUT2D eigenvalue weighted by Gasteiger charge is -2.05. The number of aromatic nitrogens is 2. The van der Waals surface area contributed by atoms with Crippen molar-refractivity contribution >= 4 is 11.7 Å². The SMILES string of the molecule is Cc1noc(Nc2ccc(OCCN)cc2)n1. The zero-order valence-corrected chi connectivity index (χ0v) is 9.51. The minimum Gasteiger partial charge on any atom is -0.492 e. The standard InChI is InChI=1S/C11H14N4O2/c1-8-13-11(17-15-8)14-9-2-4-10(5-3-9)16-7-6-12/h2-5H,6-7,12H2,1H3,(H,13,14,15). The summed E-state index contributed by atoms with van der Waals surface area (Å²) in [7, 11) is 0. The summed E-state index contributed by atoms with van der Waals surface area (Å²) >= 11 is 0. The van der Waals surface area contributed by atoms with Gasteiger partial charge in [-0.15, -0.1) is 0 Å². The third-order valence-corrected chi connectivity index (χ3v) is 2.02. The fourth-order valence-corrected chi connectivity index (χ4v) is 1.28. The van der Waals surface area contributed by atoms with Gasteiger partial charge in [-0.1, -0.05) is 5.16 Å². The molecule has 0 spiro atoms. The largest absolute Gasteiger partial charge is 0.492 e. The third-order valence-electron chi connectivity index (χ3n) is 2.02. The Balaban J connectivity index is 1.98. The van der Waals surface area contributed by atoms with E-state index in [1.807, 2.05) is 24.3 Å². The van der Waals surface area contributed by atoms with E-state index in [2.05, 4.69) is 15.5 Å². The van der Waals surface area contributed by atoms with E-state index in [4.69, 9.17) is 15.0 Å². The van der Waals surface area contributed by atoms with Crippen LogP contribution in [-0.2, 0) is 0 Å². The van der Waals surface area contributed by atoms with E-state index in [1.165, 1.54) is 0 Å². The van der Waals surface area contributed by atoms with Crippen LogP contribution in [0.5, 0.6) is 5.75 Å². The summed E-state index contributed by atoms with van der Waals surface area (Å²) in [6.45, 7) is 2.77. The highest BCUT2D eigenvalue weighted by Gasteiger charge is 2.02. The Bertz CT molecular complexity index is 467. The molecule has 6 heteroatoms. The van der Waals surface area contributed by atoms with E-state index in [1.54, 1.807) is 6.92 Å². The van der Waals surface area contributed by atoms with Gasteiger partial charge in [-0.2, -0.15) is 4.98 Å². The third kappa shape index (κ3) is 3.18. The van der Waals surface area contributed by atoms with Crippen LogP contribution in [0.2, 0.25) is 0 Å². The van der Waals surface area contributed by atoms with Crippen LogP contribution in [-0.4, -0.2) is 23.3 Å². The number of anilines is 2. The second-order valence-electron chi connectivity index (χ2n) is 3.43. The molecule has 6 nitrogen and oxygen atoms in total. The minimum atomic E-state index is 0.373. The van der Waals surface area contributed by atoms with Crippen molar-refractivity contribution in [2.24, 2.45) is 5.73 Å². The zero-order valence-electron chi connectivity index (χ0n) is 9.51. The number of aryl methyl sites for hydroxylation is 1. The van der Waals surface area contributed by atoms with Crippen LogP contribution in [0, 0.1) is 6.92 Å². The van der Waals surface area contributed by atoms with Crippen molar-refractivity contribution in [1.82, 2.24) is 10.1 Å². The van der Waals surface area contributed by atoms with Crippen molar-refractivity contribution < 1.29 is 9.26 Å². The lowest BCUT2D eigenvalue weighted by molar-refractivity contribution is 0.328. The first-order valence-electron chi connectivity index (χ1n) is 5.28. The molecule has 0 saturated heterocycles. The van der Waals surface area contributed by atoms with Gasteiger partial charge in [-0.05, 0) is 31.2 Å². The monoisotopic (exact) mass is 234 g/mol. The van der Waals surface area contributed by atoms with Gasteiger partial charge in [0.05, 0.1) is 0 Å². The van der Waals surface area contributed by atoms with Gasteiger partial charge in [0.1, 0.15) is 12.4 Å². The maximum atomic E-state index is 5.36. The van der Waals surface area contributed by atoms with Crippen molar-refractivity contribution in [3.8, 4) is 5.75 Å². The van der Waals surface area contributed by atoms with Crippen LogP contribution in [0.15, 0.2) is 28.8 Å². The van der Waals surface area contributed by atoms with Crippen LogP contribution in [0.4, 0.5) is 11.7 Å². The second-order valence-corrected chi connectivity index (χ2v) is 3.43. The summed E-state index contributed by atoms with van der Waals surface area (Å²) in [4.78, 5) is 4.04. The van der Waals surface area contributed by atoms with Gasteiger partial charge in [0.2, 0.25) is 0 Å². The fourth-order valence-electron chi connectivity index (χ4n) is 1.28. The van der Waals surface area contributed by atoms with Crippen LogP contribution in [0.1, 0.15) is 5.82 Å².